The minimum atomic E-state index is -0.813. The van der Waals surface area contributed by atoms with E-state index in [1.54, 1.807) is 6.20 Å². The van der Waals surface area contributed by atoms with Gasteiger partial charge in [0.1, 0.15) is 11.4 Å². The lowest BCUT2D eigenvalue weighted by Crippen LogP contribution is -2.63. The first kappa shape index (κ1) is 20.2. The molecule has 2 aliphatic rings. The van der Waals surface area contributed by atoms with Gasteiger partial charge >= 0.3 is 0 Å². The number of aromatic nitrogens is 1. The third-order valence-corrected chi connectivity index (χ3v) is 7.27. The molecule has 5 rings (SSSR count). The van der Waals surface area contributed by atoms with E-state index >= 15 is 0 Å². The van der Waals surface area contributed by atoms with Gasteiger partial charge in [-0.15, -0.1) is 0 Å². The fourth-order valence-corrected chi connectivity index (χ4v) is 5.50. The zero-order valence-corrected chi connectivity index (χ0v) is 17.8. The van der Waals surface area contributed by atoms with Crippen molar-refractivity contribution >= 4 is 16.7 Å². The highest BCUT2D eigenvalue weighted by molar-refractivity contribution is 6.06. The third kappa shape index (κ3) is 2.89. The molecule has 1 saturated carbocycles. The molecule has 0 bridgehead atoms. The van der Waals surface area contributed by atoms with Gasteiger partial charge in [0.15, 0.2) is 5.78 Å². The van der Waals surface area contributed by atoms with E-state index in [9.17, 15) is 15.3 Å². The first-order valence-corrected chi connectivity index (χ1v) is 11.1. The van der Waals surface area contributed by atoms with E-state index in [4.69, 9.17) is 4.74 Å². The molecule has 0 saturated heterocycles. The molecular formula is C27H23N3O2. The molecule has 0 amide bonds. The van der Waals surface area contributed by atoms with E-state index in [0.717, 1.165) is 41.3 Å². The van der Waals surface area contributed by atoms with Crippen LogP contribution in [0.5, 0.6) is 5.75 Å². The van der Waals surface area contributed by atoms with Crippen LogP contribution in [0.4, 0.5) is 0 Å². The number of Topliss-reactive ketones (excluding diaryl/α,β-unsaturated/α-hetero) is 1. The van der Waals surface area contributed by atoms with E-state index in [1.165, 1.54) is 0 Å². The molecule has 1 aliphatic heterocycles. The van der Waals surface area contributed by atoms with Crippen LogP contribution in [0.15, 0.2) is 54.7 Å². The van der Waals surface area contributed by atoms with Crippen LogP contribution in [0, 0.1) is 28.1 Å². The minimum absolute atomic E-state index is 0.0199. The second-order valence-electron chi connectivity index (χ2n) is 8.77. The molecule has 0 unspecified atom stereocenters. The van der Waals surface area contributed by atoms with Crippen LogP contribution in [-0.4, -0.2) is 16.4 Å². The molecule has 0 N–H and O–H groups in total. The summed E-state index contributed by atoms with van der Waals surface area (Å²) in [5.41, 5.74) is 1.97. The van der Waals surface area contributed by atoms with Gasteiger partial charge in [0.25, 0.3) is 0 Å². The molecule has 1 spiro atoms. The highest BCUT2D eigenvalue weighted by atomic mass is 16.5. The van der Waals surface area contributed by atoms with E-state index in [1.807, 2.05) is 48.5 Å². The second kappa shape index (κ2) is 7.77. The first-order valence-electron chi connectivity index (χ1n) is 11.1. The van der Waals surface area contributed by atoms with Crippen molar-refractivity contribution in [3.63, 3.8) is 0 Å². The summed E-state index contributed by atoms with van der Waals surface area (Å²) in [4.78, 5) is 18.5. The Morgan fingerprint density at radius 3 is 2.41 bits per heavy atom. The number of hydrogen-bond acceptors (Lipinski definition) is 5. The minimum Gasteiger partial charge on any atom is -0.485 e. The molecule has 1 aliphatic carbocycles. The maximum absolute atomic E-state index is 13.9. The molecule has 158 valence electrons. The molecule has 2 heterocycles. The van der Waals surface area contributed by atoms with Gasteiger partial charge in [-0.25, -0.2) is 0 Å². The van der Waals surface area contributed by atoms with Crippen LogP contribution in [-0.2, 0) is 0 Å². The largest absolute Gasteiger partial charge is 0.485 e. The van der Waals surface area contributed by atoms with E-state index < -0.39 is 11.0 Å². The number of fused-ring (bicyclic) bond motifs is 2. The Kier molecular flexibility index (Phi) is 4.91. The molecule has 2 aromatic carbocycles. The van der Waals surface area contributed by atoms with Gasteiger partial charge in [0.2, 0.25) is 0 Å². The standard InChI is InChI=1S/C27H23N3O2/c28-15-4-11-26(12-5-16-29)25(31)22-10-9-20(18-23(22)32-27(26)13-3-14-27)21-8-1-6-19-7-2-17-30-24(19)21/h1-2,6-10,17-18H,3-5,11-14H2. The van der Waals surface area contributed by atoms with Gasteiger partial charge in [-0.2, -0.15) is 10.5 Å². The predicted octanol–water partition coefficient (Wildman–Crippen LogP) is 5.99. The first-order chi connectivity index (χ1) is 15.6. The van der Waals surface area contributed by atoms with Crippen molar-refractivity contribution in [1.29, 1.82) is 10.5 Å². The van der Waals surface area contributed by atoms with Gasteiger partial charge in [-0.3, -0.25) is 9.78 Å². The molecular weight excluding hydrogens is 398 g/mol. The van der Waals surface area contributed by atoms with Crippen LogP contribution in [0.3, 0.4) is 0 Å². The summed E-state index contributed by atoms with van der Waals surface area (Å²) in [5.74, 6) is 0.621. The SMILES string of the molecule is N#CCCC1(CCC#N)C(=O)c2ccc(-c3cccc4cccnc34)cc2OC12CCC2. The van der Waals surface area contributed by atoms with E-state index in [2.05, 4.69) is 17.1 Å². The van der Waals surface area contributed by atoms with Crippen molar-refractivity contribution in [3.8, 4) is 29.0 Å². The number of pyridine rings is 1. The lowest BCUT2D eigenvalue weighted by molar-refractivity contribution is -0.113. The summed E-state index contributed by atoms with van der Waals surface area (Å²) in [6.07, 6.45) is 5.72. The zero-order valence-electron chi connectivity index (χ0n) is 17.8. The van der Waals surface area contributed by atoms with Crippen LogP contribution < -0.4 is 4.74 Å². The van der Waals surface area contributed by atoms with Gasteiger partial charge in [0, 0.05) is 30.0 Å². The molecule has 32 heavy (non-hydrogen) atoms. The smallest absolute Gasteiger partial charge is 0.176 e. The Hall–Kier alpha value is -3.70. The molecule has 1 aromatic heterocycles. The third-order valence-electron chi connectivity index (χ3n) is 7.27. The number of para-hydroxylation sites is 1. The Labute approximate surface area is 187 Å². The summed E-state index contributed by atoms with van der Waals surface area (Å²) >= 11 is 0. The lowest BCUT2D eigenvalue weighted by atomic mass is 9.53. The van der Waals surface area contributed by atoms with Crippen molar-refractivity contribution in [3.05, 3.63) is 60.3 Å². The Bertz CT molecular complexity index is 1270. The highest BCUT2D eigenvalue weighted by Gasteiger charge is 2.63. The number of carbonyl (C=O) groups is 1. The number of nitrogens with zero attached hydrogens (tertiary/aromatic N) is 3. The van der Waals surface area contributed by atoms with Crippen molar-refractivity contribution in [2.45, 2.75) is 50.5 Å². The topological polar surface area (TPSA) is 86.8 Å². The monoisotopic (exact) mass is 421 g/mol. The molecule has 5 nitrogen and oxygen atoms in total. The van der Waals surface area contributed by atoms with Crippen LogP contribution in [0.1, 0.15) is 55.3 Å². The average molecular weight is 422 g/mol. The van der Waals surface area contributed by atoms with Gasteiger partial charge < -0.3 is 4.74 Å². The average Bonchev–Trinajstić information content (AvgIpc) is 2.81. The van der Waals surface area contributed by atoms with Gasteiger partial charge in [0.05, 0.1) is 28.6 Å². The molecule has 0 atom stereocenters. The summed E-state index contributed by atoms with van der Waals surface area (Å²) < 4.78 is 6.65. The number of ether oxygens (including phenoxy) is 1. The maximum Gasteiger partial charge on any atom is 0.176 e. The summed E-state index contributed by atoms with van der Waals surface area (Å²) in [5, 5.41) is 19.6. The highest BCUT2D eigenvalue weighted by Crippen LogP contribution is 2.59. The van der Waals surface area contributed by atoms with Crippen LogP contribution >= 0.6 is 0 Å². The van der Waals surface area contributed by atoms with Crippen molar-refractivity contribution in [2.75, 3.05) is 0 Å². The second-order valence-corrected chi connectivity index (χ2v) is 8.77. The van der Waals surface area contributed by atoms with Gasteiger partial charge in [-0.05, 0) is 55.9 Å². The van der Waals surface area contributed by atoms with Crippen LogP contribution in [0.2, 0.25) is 0 Å². The van der Waals surface area contributed by atoms with E-state index in [0.29, 0.717) is 24.2 Å². The molecule has 5 heteroatoms. The zero-order chi connectivity index (χ0) is 22.2. The number of nitriles is 2. The summed E-state index contributed by atoms with van der Waals surface area (Å²) in [6.45, 7) is 0. The fourth-order valence-electron chi connectivity index (χ4n) is 5.50. The number of hydrogen-bond donors (Lipinski definition) is 0. The predicted molar refractivity (Wildman–Crippen MR) is 121 cm³/mol. The van der Waals surface area contributed by atoms with Crippen LogP contribution in [0.25, 0.3) is 22.0 Å². The molecule has 1 fully saturated rings. The van der Waals surface area contributed by atoms with E-state index in [-0.39, 0.29) is 18.6 Å². The maximum atomic E-state index is 13.9. The Balaban J connectivity index is 1.63. The number of ketones is 1. The van der Waals surface area contributed by atoms with Gasteiger partial charge in [-0.1, -0.05) is 30.3 Å². The van der Waals surface area contributed by atoms with Crippen molar-refractivity contribution in [1.82, 2.24) is 4.98 Å². The fraction of sp³-hybridized carbons (Fsp3) is 0.333. The van der Waals surface area contributed by atoms with Crippen molar-refractivity contribution < 1.29 is 9.53 Å². The number of carbonyl (C=O) groups excluding carboxylic acids is 1. The molecule has 3 aromatic rings. The number of benzene rings is 2. The Morgan fingerprint density at radius 1 is 0.969 bits per heavy atom. The quantitative estimate of drug-likeness (QED) is 0.505. The number of rotatable bonds is 5. The normalized spacial score (nSPS) is 17.6. The molecule has 0 radical (unpaired) electrons. The van der Waals surface area contributed by atoms with Crippen molar-refractivity contribution in [2.24, 2.45) is 5.41 Å². The lowest BCUT2D eigenvalue weighted by Gasteiger charge is -2.57. The summed E-state index contributed by atoms with van der Waals surface area (Å²) in [7, 11) is 0. The summed E-state index contributed by atoms with van der Waals surface area (Å²) in [6, 6.07) is 20.2. The Morgan fingerprint density at radius 2 is 1.72 bits per heavy atom.